The van der Waals surface area contributed by atoms with Crippen LogP contribution in [0.5, 0.6) is 0 Å². The highest BCUT2D eigenvalue weighted by molar-refractivity contribution is 7.90. The lowest BCUT2D eigenvalue weighted by Gasteiger charge is -2.22. The van der Waals surface area contributed by atoms with E-state index < -0.39 is 16.1 Å². The van der Waals surface area contributed by atoms with Crippen molar-refractivity contribution in [2.45, 2.75) is 91.0 Å². The summed E-state index contributed by atoms with van der Waals surface area (Å²) in [6.45, 7) is 10.7. The SMILES string of the molecule is CCCC(=O)N(CCC(=O)c1c(CC)nc(CCC)n1Cc1ccc(-c2ccccc2S(=O)(=O)NC(=O)OCCC(C)C)cc1)c1cccnc1. The minimum atomic E-state index is -4.22. The monoisotopic (exact) mass is 715 g/mol. The number of aromatic nitrogens is 3. The molecular weight excluding hydrogens is 667 g/mol. The summed E-state index contributed by atoms with van der Waals surface area (Å²) in [4.78, 5) is 50.0. The van der Waals surface area contributed by atoms with E-state index >= 15 is 0 Å². The maximum absolute atomic E-state index is 14.0. The zero-order valence-electron chi connectivity index (χ0n) is 30.2. The van der Waals surface area contributed by atoms with Gasteiger partial charge in [-0.1, -0.05) is 77.1 Å². The Hall–Kier alpha value is -4.84. The first-order valence-electron chi connectivity index (χ1n) is 17.7. The molecule has 12 heteroatoms. The molecule has 1 N–H and O–H groups in total. The van der Waals surface area contributed by atoms with Gasteiger partial charge in [-0.2, -0.15) is 0 Å². The largest absolute Gasteiger partial charge is 0.449 e. The number of carbonyl (C=O) groups excluding carboxylic acids is 3. The van der Waals surface area contributed by atoms with Crippen molar-refractivity contribution >= 4 is 33.5 Å². The highest BCUT2D eigenvalue weighted by Gasteiger charge is 2.25. The van der Waals surface area contributed by atoms with Crippen molar-refractivity contribution in [2.24, 2.45) is 5.92 Å². The smallest absolute Gasteiger partial charge is 0.421 e. The summed E-state index contributed by atoms with van der Waals surface area (Å²) < 4.78 is 35.6. The topological polar surface area (TPSA) is 141 Å². The predicted molar refractivity (Wildman–Crippen MR) is 198 cm³/mol. The van der Waals surface area contributed by atoms with Crippen LogP contribution in [-0.2, 0) is 38.9 Å². The van der Waals surface area contributed by atoms with Crippen LogP contribution in [0.4, 0.5) is 10.5 Å². The molecule has 2 heterocycles. The molecule has 0 aliphatic rings. The van der Waals surface area contributed by atoms with Crippen LogP contribution in [0.3, 0.4) is 0 Å². The second kappa shape index (κ2) is 18.4. The van der Waals surface area contributed by atoms with Gasteiger partial charge in [-0.25, -0.2) is 22.9 Å². The fourth-order valence-corrected chi connectivity index (χ4v) is 6.90. The molecule has 0 aliphatic heterocycles. The Balaban J connectivity index is 1.58. The molecular formula is C39H49N5O6S. The van der Waals surface area contributed by atoms with Gasteiger partial charge >= 0.3 is 6.09 Å². The van der Waals surface area contributed by atoms with E-state index in [-0.39, 0.29) is 36.2 Å². The van der Waals surface area contributed by atoms with E-state index in [4.69, 9.17) is 9.72 Å². The quantitative estimate of drug-likeness (QED) is 0.105. The summed E-state index contributed by atoms with van der Waals surface area (Å²) in [5.41, 5.74) is 3.90. The Morgan fingerprint density at radius 3 is 2.33 bits per heavy atom. The van der Waals surface area contributed by atoms with Gasteiger partial charge < -0.3 is 14.2 Å². The van der Waals surface area contributed by atoms with Crippen LogP contribution in [0.1, 0.15) is 94.3 Å². The number of rotatable bonds is 18. The van der Waals surface area contributed by atoms with E-state index in [1.165, 1.54) is 6.07 Å². The first kappa shape index (κ1) is 39.0. The fourth-order valence-electron chi connectivity index (χ4n) is 5.78. The summed E-state index contributed by atoms with van der Waals surface area (Å²) in [6.07, 6.45) is 6.19. The summed E-state index contributed by atoms with van der Waals surface area (Å²) in [5, 5.41) is 0. The Kier molecular flexibility index (Phi) is 14.1. The molecule has 0 radical (unpaired) electrons. The molecule has 4 rings (SSSR count). The van der Waals surface area contributed by atoms with E-state index in [9.17, 15) is 22.8 Å². The van der Waals surface area contributed by atoms with Gasteiger partial charge in [0.2, 0.25) is 5.91 Å². The Morgan fingerprint density at radius 1 is 0.941 bits per heavy atom. The molecule has 2 aromatic carbocycles. The number of amides is 2. The first-order chi connectivity index (χ1) is 24.5. The van der Waals surface area contributed by atoms with Crippen LogP contribution in [0.15, 0.2) is 78.0 Å². The molecule has 51 heavy (non-hydrogen) atoms. The Morgan fingerprint density at radius 2 is 1.69 bits per heavy atom. The normalized spacial score (nSPS) is 11.4. The maximum atomic E-state index is 14.0. The third kappa shape index (κ3) is 10.3. The van der Waals surface area contributed by atoms with Crippen LogP contribution >= 0.6 is 0 Å². The fraction of sp³-hybridized carbons (Fsp3) is 0.410. The first-order valence-corrected chi connectivity index (χ1v) is 19.2. The molecule has 0 spiro atoms. The highest BCUT2D eigenvalue weighted by atomic mass is 32.2. The molecule has 2 amide bonds. The van der Waals surface area contributed by atoms with E-state index in [0.717, 1.165) is 23.5 Å². The van der Waals surface area contributed by atoms with Gasteiger partial charge in [0.05, 0.1) is 29.1 Å². The van der Waals surface area contributed by atoms with Crippen molar-refractivity contribution in [1.82, 2.24) is 19.3 Å². The number of imidazole rings is 1. The van der Waals surface area contributed by atoms with Gasteiger partial charge in [0.15, 0.2) is 5.78 Å². The summed E-state index contributed by atoms with van der Waals surface area (Å²) in [5.74, 6) is 0.977. The number of aryl methyl sites for hydroxylation is 2. The summed E-state index contributed by atoms with van der Waals surface area (Å²) in [7, 11) is -4.22. The standard InChI is InChI=1S/C39H49N5O6S/c1-6-12-36-41-33(8-3)38(34(45)21-24-43(37(46)13-7-2)31-14-11-23-40-26-31)44(36)27-29-17-19-30(20-18-29)32-15-9-10-16-35(32)51(48,49)42-39(47)50-25-22-28(4)5/h9-11,14-20,23,26,28H,6-8,12-13,21-22,24-25,27H2,1-5H3,(H,42,47). The molecule has 0 saturated heterocycles. The number of hydrogen-bond donors (Lipinski definition) is 1. The van der Waals surface area contributed by atoms with Gasteiger partial charge in [-0.05, 0) is 60.9 Å². The van der Waals surface area contributed by atoms with Crippen LogP contribution in [0.25, 0.3) is 11.1 Å². The van der Waals surface area contributed by atoms with Crippen LogP contribution in [-0.4, -0.2) is 53.9 Å². The summed E-state index contributed by atoms with van der Waals surface area (Å²) >= 11 is 0. The zero-order chi connectivity index (χ0) is 37.0. The molecule has 4 aromatic rings. The second-order valence-corrected chi connectivity index (χ2v) is 14.5. The molecule has 0 fully saturated rings. The van der Waals surface area contributed by atoms with E-state index in [1.807, 2.05) is 67.3 Å². The van der Waals surface area contributed by atoms with Crippen molar-refractivity contribution in [2.75, 3.05) is 18.1 Å². The van der Waals surface area contributed by atoms with Crippen molar-refractivity contribution in [1.29, 1.82) is 0 Å². The minimum Gasteiger partial charge on any atom is -0.449 e. The van der Waals surface area contributed by atoms with Gasteiger partial charge in [-0.15, -0.1) is 0 Å². The number of pyridine rings is 1. The number of benzene rings is 2. The Labute approximate surface area is 301 Å². The van der Waals surface area contributed by atoms with Crippen molar-refractivity contribution < 1.29 is 27.5 Å². The molecule has 0 saturated carbocycles. The van der Waals surface area contributed by atoms with Crippen LogP contribution in [0.2, 0.25) is 0 Å². The molecule has 0 atom stereocenters. The van der Waals surface area contributed by atoms with Crippen molar-refractivity contribution in [3.05, 3.63) is 95.8 Å². The molecule has 2 aromatic heterocycles. The Bertz CT molecular complexity index is 1890. The van der Waals surface area contributed by atoms with Gasteiger partial charge in [0, 0.05) is 44.1 Å². The van der Waals surface area contributed by atoms with Crippen LogP contribution in [0, 0.1) is 5.92 Å². The van der Waals surface area contributed by atoms with E-state index in [0.29, 0.717) is 67.1 Å². The average Bonchev–Trinajstić information content (AvgIpc) is 3.45. The van der Waals surface area contributed by atoms with Crippen molar-refractivity contribution in [3.8, 4) is 11.1 Å². The number of carbonyl (C=O) groups is 3. The maximum Gasteiger partial charge on any atom is 0.421 e. The third-order valence-electron chi connectivity index (χ3n) is 8.40. The number of ketones is 1. The van der Waals surface area contributed by atoms with Gasteiger partial charge in [0.25, 0.3) is 10.0 Å². The summed E-state index contributed by atoms with van der Waals surface area (Å²) in [6, 6.07) is 17.5. The zero-order valence-corrected chi connectivity index (χ0v) is 31.0. The third-order valence-corrected chi connectivity index (χ3v) is 9.78. The van der Waals surface area contributed by atoms with E-state index in [2.05, 4.69) is 11.9 Å². The van der Waals surface area contributed by atoms with Gasteiger partial charge in [0.1, 0.15) is 11.5 Å². The molecule has 0 unspecified atom stereocenters. The van der Waals surface area contributed by atoms with Gasteiger partial charge in [-0.3, -0.25) is 14.6 Å². The number of nitrogens with one attached hydrogen (secondary N) is 1. The molecule has 11 nitrogen and oxygen atoms in total. The minimum absolute atomic E-state index is 0.0448. The van der Waals surface area contributed by atoms with E-state index in [1.54, 1.807) is 41.6 Å². The number of anilines is 1. The number of nitrogens with zero attached hydrogens (tertiary/aromatic N) is 4. The molecule has 272 valence electrons. The van der Waals surface area contributed by atoms with Crippen molar-refractivity contribution in [3.63, 3.8) is 0 Å². The number of ether oxygens (including phenoxy) is 1. The number of Topliss-reactive ketones (excluding diaryl/α,β-unsaturated/α-hetero) is 1. The lowest BCUT2D eigenvalue weighted by molar-refractivity contribution is -0.118. The highest BCUT2D eigenvalue weighted by Crippen LogP contribution is 2.28. The molecule has 0 bridgehead atoms. The lowest BCUT2D eigenvalue weighted by atomic mass is 10.0. The number of hydrogen-bond acceptors (Lipinski definition) is 8. The van der Waals surface area contributed by atoms with Crippen LogP contribution < -0.4 is 9.62 Å². The molecule has 0 aliphatic carbocycles. The average molecular weight is 716 g/mol. The predicted octanol–water partition coefficient (Wildman–Crippen LogP) is 7.38. The number of sulfonamides is 1. The lowest BCUT2D eigenvalue weighted by Crippen LogP contribution is -2.33. The second-order valence-electron chi connectivity index (χ2n) is 12.8.